The molecule has 6 nitrogen and oxygen atoms in total. The Morgan fingerprint density at radius 3 is 2.39 bits per heavy atom. The lowest BCUT2D eigenvalue weighted by Gasteiger charge is -2.29. The number of aliphatic carboxylic acids is 1. The minimum Gasteiger partial charge on any atom is -0.481 e. The highest BCUT2D eigenvalue weighted by molar-refractivity contribution is 5.92. The minimum absolute atomic E-state index is 0.0220. The van der Waals surface area contributed by atoms with Crippen LogP contribution < -0.4 is 10.1 Å². The average molecular weight is 328 g/mol. The highest BCUT2D eigenvalue weighted by Gasteiger charge is 2.25. The van der Waals surface area contributed by atoms with E-state index in [1.54, 1.807) is 0 Å². The van der Waals surface area contributed by atoms with Gasteiger partial charge in [-0.2, -0.15) is 8.78 Å². The molecule has 2 N–H and O–H groups in total. The molecule has 1 aromatic carbocycles. The number of nitrogens with one attached hydrogen (secondary N) is 1. The van der Waals surface area contributed by atoms with Crippen molar-refractivity contribution in [1.29, 1.82) is 0 Å². The van der Waals surface area contributed by atoms with E-state index in [-0.39, 0.29) is 24.1 Å². The fourth-order valence-electron chi connectivity index (χ4n) is 2.46. The van der Waals surface area contributed by atoms with Crippen molar-refractivity contribution in [3.63, 3.8) is 0 Å². The van der Waals surface area contributed by atoms with E-state index in [4.69, 9.17) is 5.11 Å². The number of amides is 1. The molecule has 0 unspecified atom stereocenters. The first-order chi connectivity index (χ1) is 10.9. The van der Waals surface area contributed by atoms with Crippen LogP contribution in [0.15, 0.2) is 24.3 Å². The number of nitrogens with zero attached hydrogens (tertiary/aromatic N) is 1. The zero-order valence-corrected chi connectivity index (χ0v) is 12.4. The number of ether oxygens (including phenoxy) is 1. The SMILES string of the molecule is O=C(CN1CCC(C(=O)O)CC1)Nc1ccc(OC(F)F)cc1. The standard InChI is InChI=1S/C15H18F2N2O4/c16-15(17)23-12-3-1-11(2-4-12)18-13(20)9-19-7-5-10(6-8-19)14(21)22/h1-4,10,15H,5-9H2,(H,18,20)(H,21,22). The third kappa shape index (κ3) is 5.48. The molecule has 0 aromatic heterocycles. The number of carbonyl (C=O) groups is 2. The summed E-state index contributed by atoms with van der Waals surface area (Å²) < 4.78 is 28.3. The summed E-state index contributed by atoms with van der Waals surface area (Å²) in [6, 6.07) is 5.65. The Morgan fingerprint density at radius 2 is 1.87 bits per heavy atom. The molecule has 23 heavy (non-hydrogen) atoms. The molecule has 126 valence electrons. The van der Waals surface area contributed by atoms with Crippen LogP contribution >= 0.6 is 0 Å². The summed E-state index contributed by atoms with van der Waals surface area (Å²) in [6.07, 6.45) is 1.06. The highest BCUT2D eigenvalue weighted by Crippen LogP contribution is 2.19. The van der Waals surface area contributed by atoms with E-state index in [1.807, 2.05) is 4.90 Å². The van der Waals surface area contributed by atoms with Crippen LogP contribution in [0.4, 0.5) is 14.5 Å². The molecule has 0 atom stereocenters. The summed E-state index contributed by atoms with van der Waals surface area (Å²) in [5.41, 5.74) is 0.483. The van der Waals surface area contributed by atoms with Crippen LogP contribution in [0.5, 0.6) is 5.75 Å². The smallest absolute Gasteiger partial charge is 0.387 e. The van der Waals surface area contributed by atoms with Crippen LogP contribution in [0.1, 0.15) is 12.8 Å². The summed E-state index contributed by atoms with van der Waals surface area (Å²) >= 11 is 0. The van der Waals surface area contributed by atoms with Crippen molar-refractivity contribution in [3.8, 4) is 5.75 Å². The Balaban J connectivity index is 1.78. The third-order valence-corrected chi connectivity index (χ3v) is 3.67. The summed E-state index contributed by atoms with van der Waals surface area (Å²) in [5, 5.41) is 11.6. The first-order valence-corrected chi connectivity index (χ1v) is 7.24. The maximum absolute atomic E-state index is 12.0. The van der Waals surface area contributed by atoms with E-state index in [9.17, 15) is 18.4 Å². The fraction of sp³-hybridized carbons (Fsp3) is 0.467. The van der Waals surface area contributed by atoms with E-state index in [1.165, 1.54) is 24.3 Å². The van der Waals surface area contributed by atoms with E-state index in [0.717, 1.165) is 0 Å². The molecule has 0 saturated carbocycles. The average Bonchev–Trinajstić information content (AvgIpc) is 2.49. The maximum atomic E-state index is 12.0. The number of carboxylic acids is 1. The molecule has 0 spiro atoms. The summed E-state index contributed by atoms with van der Waals surface area (Å²) in [7, 11) is 0. The Kier molecular flexibility index (Phi) is 5.86. The first kappa shape index (κ1) is 17.1. The summed E-state index contributed by atoms with van der Waals surface area (Å²) in [5.74, 6) is -1.34. The van der Waals surface area contributed by atoms with Crippen molar-refractivity contribution in [2.24, 2.45) is 5.92 Å². The van der Waals surface area contributed by atoms with Crippen molar-refractivity contribution < 1.29 is 28.2 Å². The van der Waals surface area contributed by atoms with E-state index in [2.05, 4.69) is 10.1 Å². The number of carboxylic acid groups (broad SMARTS) is 1. The highest BCUT2D eigenvalue weighted by atomic mass is 19.3. The molecule has 0 aliphatic carbocycles. The van der Waals surface area contributed by atoms with Crippen molar-refractivity contribution in [3.05, 3.63) is 24.3 Å². The van der Waals surface area contributed by atoms with Crippen LogP contribution in [0.25, 0.3) is 0 Å². The van der Waals surface area contributed by atoms with Gasteiger partial charge in [-0.3, -0.25) is 14.5 Å². The summed E-state index contributed by atoms with van der Waals surface area (Å²) in [4.78, 5) is 24.7. The number of likely N-dealkylation sites (tertiary alicyclic amines) is 1. The lowest BCUT2D eigenvalue weighted by Crippen LogP contribution is -2.40. The Labute approximate surface area is 132 Å². The topological polar surface area (TPSA) is 78.9 Å². The number of rotatable bonds is 6. The zero-order chi connectivity index (χ0) is 16.8. The molecule has 1 fully saturated rings. The van der Waals surface area contributed by atoms with E-state index >= 15 is 0 Å². The minimum atomic E-state index is -2.89. The zero-order valence-electron chi connectivity index (χ0n) is 12.4. The van der Waals surface area contributed by atoms with Crippen molar-refractivity contribution in [2.75, 3.05) is 25.0 Å². The predicted molar refractivity (Wildman–Crippen MR) is 78.5 cm³/mol. The van der Waals surface area contributed by atoms with Gasteiger partial charge >= 0.3 is 12.6 Å². The van der Waals surface area contributed by atoms with Gasteiger partial charge in [-0.25, -0.2) is 0 Å². The number of hydrogen-bond donors (Lipinski definition) is 2. The molecular formula is C15H18F2N2O4. The molecule has 1 heterocycles. The van der Waals surface area contributed by atoms with Crippen molar-refractivity contribution in [2.45, 2.75) is 19.5 Å². The number of anilines is 1. The number of hydrogen-bond acceptors (Lipinski definition) is 4. The molecule has 0 bridgehead atoms. The lowest BCUT2D eigenvalue weighted by molar-refractivity contribution is -0.143. The van der Waals surface area contributed by atoms with Gasteiger partial charge in [-0.05, 0) is 50.2 Å². The van der Waals surface area contributed by atoms with Gasteiger partial charge in [0, 0.05) is 5.69 Å². The maximum Gasteiger partial charge on any atom is 0.387 e. The number of alkyl halides is 2. The van der Waals surface area contributed by atoms with Gasteiger partial charge < -0.3 is 15.2 Å². The van der Waals surface area contributed by atoms with Crippen LogP contribution in [0.2, 0.25) is 0 Å². The largest absolute Gasteiger partial charge is 0.481 e. The van der Waals surface area contributed by atoms with Gasteiger partial charge in [0.05, 0.1) is 12.5 Å². The van der Waals surface area contributed by atoms with Gasteiger partial charge in [-0.1, -0.05) is 0 Å². The van der Waals surface area contributed by atoms with E-state index in [0.29, 0.717) is 31.6 Å². The normalized spacial score (nSPS) is 16.3. The van der Waals surface area contributed by atoms with Crippen LogP contribution in [0.3, 0.4) is 0 Å². The molecule has 1 aliphatic rings. The Morgan fingerprint density at radius 1 is 1.26 bits per heavy atom. The van der Waals surface area contributed by atoms with Gasteiger partial charge in [0.25, 0.3) is 0 Å². The monoisotopic (exact) mass is 328 g/mol. The number of piperidine rings is 1. The lowest BCUT2D eigenvalue weighted by atomic mass is 9.97. The predicted octanol–water partition coefficient (Wildman–Crippen LogP) is 2.02. The second-order valence-corrected chi connectivity index (χ2v) is 5.34. The second-order valence-electron chi connectivity index (χ2n) is 5.34. The molecule has 1 saturated heterocycles. The van der Waals surface area contributed by atoms with Crippen LogP contribution in [-0.2, 0) is 9.59 Å². The second kappa shape index (κ2) is 7.87. The Bertz CT molecular complexity index is 543. The molecule has 0 radical (unpaired) electrons. The van der Waals surface area contributed by atoms with Crippen molar-refractivity contribution >= 4 is 17.6 Å². The van der Waals surface area contributed by atoms with Gasteiger partial charge in [0.15, 0.2) is 0 Å². The molecule has 8 heteroatoms. The quantitative estimate of drug-likeness (QED) is 0.835. The molecule has 1 aliphatic heterocycles. The Hall–Kier alpha value is -2.22. The van der Waals surface area contributed by atoms with Crippen LogP contribution in [-0.4, -0.2) is 48.1 Å². The fourth-order valence-corrected chi connectivity index (χ4v) is 2.46. The van der Waals surface area contributed by atoms with E-state index < -0.39 is 12.6 Å². The number of halogens is 2. The van der Waals surface area contributed by atoms with Gasteiger partial charge in [0.1, 0.15) is 5.75 Å². The van der Waals surface area contributed by atoms with Crippen LogP contribution in [0, 0.1) is 5.92 Å². The molecular weight excluding hydrogens is 310 g/mol. The summed E-state index contributed by atoms with van der Waals surface area (Å²) in [6.45, 7) is -1.59. The van der Waals surface area contributed by atoms with Gasteiger partial charge in [0.2, 0.25) is 5.91 Å². The molecule has 1 amide bonds. The number of carbonyl (C=O) groups excluding carboxylic acids is 1. The van der Waals surface area contributed by atoms with Crippen molar-refractivity contribution in [1.82, 2.24) is 4.90 Å². The molecule has 1 aromatic rings. The third-order valence-electron chi connectivity index (χ3n) is 3.67. The molecule has 2 rings (SSSR count). The number of benzene rings is 1. The first-order valence-electron chi connectivity index (χ1n) is 7.24. The van der Waals surface area contributed by atoms with Gasteiger partial charge in [-0.15, -0.1) is 0 Å².